The predicted octanol–water partition coefficient (Wildman–Crippen LogP) is 3.74. The predicted molar refractivity (Wildman–Crippen MR) is 77.5 cm³/mol. The third-order valence-corrected chi connectivity index (χ3v) is 4.23. The van der Waals surface area contributed by atoms with Crippen molar-refractivity contribution in [1.82, 2.24) is 0 Å². The SMILES string of the molecule is Cc1ccccc1Sc1c(C)cccc1C(=N)N. The Morgan fingerprint density at radius 3 is 2.33 bits per heavy atom. The van der Waals surface area contributed by atoms with E-state index in [-0.39, 0.29) is 5.84 Å². The van der Waals surface area contributed by atoms with E-state index >= 15 is 0 Å². The number of benzene rings is 2. The van der Waals surface area contributed by atoms with Crippen molar-refractivity contribution in [3.8, 4) is 0 Å². The zero-order valence-corrected chi connectivity index (χ0v) is 11.3. The minimum Gasteiger partial charge on any atom is -0.384 e. The van der Waals surface area contributed by atoms with Gasteiger partial charge in [0, 0.05) is 15.4 Å². The smallest absolute Gasteiger partial charge is 0.123 e. The highest BCUT2D eigenvalue weighted by Gasteiger charge is 2.10. The molecule has 0 aliphatic rings. The van der Waals surface area contributed by atoms with E-state index < -0.39 is 0 Å². The molecule has 0 radical (unpaired) electrons. The van der Waals surface area contributed by atoms with E-state index in [1.807, 2.05) is 37.3 Å². The number of aryl methyl sites for hydroxylation is 2. The van der Waals surface area contributed by atoms with Gasteiger partial charge in [0.2, 0.25) is 0 Å². The molecule has 0 fully saturated rings. The van der Waals surface area contributed by atoms with Gasteiger partial charge >= 0.3 is 0 Å². The van der Waals surface area contributed by atoms with Crippen molar-refractivity contribution in [3.63, 3.8) is 0 Å². The number of hydrogen-bond acceptors (Lipinski definition) is 2. The van der Waals surface area contributed by atoms with Gasteiger partial charge in [-0.2, -0.15) is 0 Å². The first kappa shape index (κ1) is 12.7. The van der Waals surface area contributed by atoms with Crippen LogP contribution in [0.1, 0.15) is 16.7 Å². The van der Waals surface area contributed by atoms with E-state index in [9.17, 15) is 0 Å². The van der Waals surface area contributed by atoms with Gasteiger partial charge in [-0.05, 0) is 31.0 Å². The van der Waals surface area contributed by atoms with Gasteiger partial charge in [0.15, 0.2) is 0 Å². The van der Waals surface area contributed by atoms with Crippen LogP contribution < -0.4 is 5.73 Å². The Morgan fingerprint density at radius 2 is 1.67 bits per heavy atom. The lowest BCUT2D eigenvalue weighted by Crippen LogP contribution is -2.12. The Labute approximate surface area is 112 Å². The molecule has 2 rings (SSSR count). The molecule has 0 aliphatic heterocycles. The van der Waals surface area contributed by atoms with E-state index in [1.54, 1.807) is 11.8 Å². The summed E-state index contributed by atoms with van der Waals surface area (Å²) >= 11 is 1.67. The highest BCUT2D eigenvalue weighted by molar-refractivity contribution is 7.99. The molecule has 0 unspecified atom stereocenters. The molecule has 0 aliphatic carbocycles. The fourth-order valence-electron chi connectivity index (χ4n) is 1.78. The fourth-order valence-corrected chi connectivity index (χ4v) is 2.89. The Morgan fingerprint density at radius 1 is 1.00 bits per heavy atom. The summed E-state index contributed by atoms with van der Waals surface area (Å²) in [4.78, 5) is 2.27. The first-order valence-corrected chi connectivity index (χ1v) is 6.58. The van der Waals surface area contributed by atoms with Crippen molar-refractivity contribution in [2.45, 2.75) is 23.6 Å². The van der Waals surface area contributed by atoms with Crippen molar-refractivity contribution in [1.29, 1.82) is 5.41 Å². The molecule has 0 heterocycles. The zero-order valence-electron chi connectivity index (χ0n) is 10.5. The quantitative estimate of drug-likeness (QED) is 0.649. The molecule has 0 saturated heterocycles. The maximum atomic E-state index is 7.66. The number of nitrogens with two attached hydrogens (primary N) is 1. The molecule has 3 N–H and O–H groups in total. The van der Waals surface area contributed by atoms with Gasteiger partial charge in [-0.1, -0.05) is 48.2 Å². The molecule has 0 saturated carbocycles. The largest absolute Gasteiger partial charge is 0.384 e. The van der Waals surface area contributed by atoms with Crippen LogP contribution in [-0.2, 0) is 0 Å². The average Bonchev–Trinajstić information content (AvgIpc) is 2.34. The van der Waals surface area contributed by atoms with Crippen molar-refractivity contribution in [2.75, 3.05) is 0 Å². The van der Waals surface area contributed by atoms with E-state index in [0.717, 1.165) is 16.0 Å². The minimum atomic E-state index is 0.120. The van der Waals surface area contributed by atoms with Gasteiger partial charge in [-0.25, -0.2) is 0 Å². The third kappa shape index (κ3) is 2.57. The van der Waals surface area contributed by atoms with Crippen molar-refractivity contribution in [3.05, 3.63) is 59.2 Å². The molecule has 0 amide bonds. The summed E-state index contributed by atoms with van der Waals surface area (Å²) in [5.41, 5.74) is 8.84. The molecule has 2 aromatic rings. The van der Waals surface area contributed by atoms with E-state index in [0.29, 0.717) is 0 Å². The zero-order chi connectivity index (χ0) is 13.1. The topological polar surface area (TPSA) is 49.9 Å². The van der Waals surface area contributed by atoms with Gasteiger partial charge < -0.3 is 5.73 Å². The second-order valence-electron chi connectivity index (χ2n) is 4.23. The summed E-state index contributed by atoms with van der Waals surface area (Å²) in [6, 6.07) is 14.1. The fraction of sp³-hybridized carbons (Fsp3) is 0.133. The average molecular weight is 256 g/mol. The molecule has 0 aromatic heterocycles. The van der Waals surface area contributed by atoms with Crippen LogP contribution in [0.3, 0.4) is 0 Å². The van der Waals surface area contributed by atoms with Crippen molar-refractivity contribution < 1.29 is 0 Å². The van der Waals surface area contributed by atoms with Gasteiger partial charge in [0.05, 0.1) is 0 Å². The standard InChI is InChI=1S/C15H16N2S/c1-10-6-3-4-9-13(10)18-14-11(2)7-5-8-12(14)15(16)17/h3-9H,1-2H3,(H3,16,17). The highest BCUT2D eigenvalue weighted by Crippen LogP contribution is 2.34. The van der Waals surface area contributed by atoms with Gasteiger partial charge in [0.25, 0.3) is 0 Å². The van der Waals surface area contributed by atoms with Crippen LogP contribution in [0.15, 0.2) is 52.3 Å². The van der Waals surface area contributed by atoms with Crippen LogP contribution in [-0.4, -0.2) is 5.84 Å². The van der Waals surface area contributed by atoms with Gasteiger partial charge in [-0.15, -0.1) is 0 Å². The van der Waals surface area contributed by atoms with Crippen molar-refractivity contribution >= 4 is 17.6 Å². The summed E-state index contributed by atoms with van der Waals surface area (Å²) in [6.45, 7) is 4.14. The number of rotatable bonds is 3. The maximum absolute atomic E-state index is 7.66. The molecule has 0 spiro atoms. The van der Waals surface area contributed by atoms with E-state index in [4.69, 9.17) is 11.1 Å². The normalized spacial score (nSPS) is 10.3. The Kier molecular flexibility index (Phi) is 3.72. The number of amidine groups is 1. The van der Waals surface area contributed by atoms with Gasteiger partial charge in [-0.3, -0.25) is 5.41 Å². The summed E-state index contributed by atoms with van der Waals surface area (Å²) in [5.74, 6) is 0.120. The van der Waals surface area contributed by atoms with Crippen LogP contribution >= 0.6 is 11.8 Å². The van der Waals surface area contributed by atoms with Crippen LogP contribution in [0, 0.1) is 19.3 Å². The molecule has 2 nitrogen and oxygen atoms in total. The third-order valence-electron chi connectivity index (χ3n) is 2.81. The number of nitrogens with one attached hydrogen (secondary N) is 1. The molecule has 92 valence electrons. The van der Waals surface area contributed by atoms with Gasteiger partial charge in [0.1, 0.15) is 5.84 Å². The van der Waals surface area contributed by atoms with E-state index in [2.05, 4.69) is 19.1 Å². The van der Waals surface area contributed by atoms with Crippen LogP contribution in [0.2, 0.25) is 0 Å². The van der Waals surface area contributed by atoms with E-state index in [1.165, 1.54) is 10.5 Å². The lowest BCUT2D eigenvalue weighted by molar-refractivity contribution is 1.23. The Bertz CT molecular complexity index is 591. The van der Waals surface area contributed by atoms with Crippen LogP contribution in [0.5, 0.6) is 0 Å². The molecule has 0 bridgehead atoms. The maximum Gasteiger partial charge on any atom is 0.123 e. The minimum absolute atomic E-state index is 0.120. The number of nitrogen functional groups attached to an aromatic ring is 1. The molecule has 0 atom stereocenters. The second kappa shape index (κ2) is 5.27. The molecule has 3 heteroatoms. The summed E-state index contributed by atoms with van der Waals surface area (Å²) in [5, 5.41) is 7.66. The first-order chi connectivity index (χ1) is 8.59. The van der Waals surface area contributed by atoms with Crippen LogP contribution in [0.4, 0.5) is 0 Å². The summed E-state index contributed by atoms with van der Waals surface area (Å²) in [7, 11) is 0. The first-order valence-electron chi connectivity index (χ1n) is 5.77. The molecule has 2 aromatic carbocycles. The highest BCUT2D eigenvalue weighted by atomic mass is 32.2. The lowest BCUT2D eigenvalue weighted by Gasteiger charge is -2.12. The molecule has 18 heavy (non-hydrogen) atoms. The van der Waals surface area contributed by atoms with Crippen molar-refractivity contribution in [2.24, 2.45) is 5.73 Å². The molecular formula is C15H16N2S. The second-order valence-corrected chi connectivity index (χ2v) is 5.29. The summed E-state index contributed by atoms with van der Waals surface area (Å²) < 4.78 is 0. The lowest BCUT2D eigenvalue weighted by atomic mass is 10.1. The number of hydrogen-bond donors (Lipinski definition) is 2. The Balaban J connectivity index is 2.46. The van der Waals surface area contributed by atoms with Crippen LogP contribution in [0.25, 0.3) is 0 Å². The summed E-state index contributed by atoms with van der Waals surface area (Å²) in [6.07, 6.45) is 0. The monoisotopic (exact) mass is 256 g/mol. The Hall–Kier alpha value is -1.74. The molecular weight excluding hydrogens is 240 g/mol.